The Kier molecular flexibility index (Phi) is 11.9. The number of nitrogens with one attached hydrogen (secondary N) is 2. The van der Waals surface area contributed by atoms with Gasteiger partial charge in [0.05, 0.1) is 17.4 Å². The van der Waals surface area contributed by atoms with E-state index in [1.54, 1.807) is 58.0 Å². The van der Waals surface area contributed by atoms with Crippen LogP contribution in [-0.2, 0) is 20.9 Å². The maximum atomic E-state index is 12.8. The first-order valence-electron chi connectivity index (χ1n) is 12.7. The number of fused-ring (bicyclic) bond motifs is 1. The van der Waals surface area contributed by atoms with Crippen LogP contribution in [0.5, 0.6) is 0 Å². The van der Waals surface area contributed by atoms with E-state index in [1.165, 1.54) is 0 Å². The second-order valence-corrected chi connectivity index (χ2v) is 11.6. The maximum Gasteiger partial charge on any atom is 0.326 e. The van der Waals surface area contributed by atoms with Gasteiger partial charge in [0.15, 0.2) is 0 Å². The highest BCUT2D eigenvalue weighted by Gasteiger charge is 2.22. The fraction of sp³-hybridized carbons (Fsp3) is 0.321. The number of rotatable bonds is 15. The van der Waals surface area contributed by atoms with Crippen molar-refractivity contribution in [1.82, 2.24) is 15.3 Å². The number of aromatic nitrogens is 2. The minimum atomic E-state index is -1.25. The van der Waals surface area contributed by atoms with Crippen LogP contribution in [0.15, 0.2) is 47.3 Å². The van der Waals surface area contributed by atoms with Crippen LogP contribution in [-0.4, -0.2) is 63.6 Å². The third-order valence-corrected chi connectivity index (χ3v) is 8.25. The van der Waals surface area contributed by atoms with Crippen LogP contribution in [0.25, 0.3) is 10.9 Å². The minimum absolute atomic E-state index is 0.0391. The second-order valence-electron chi connectivity index (χ2n) is 8.76. The van der Waals surface area contributed by atoms with E-state index in [4.69, 9.17) is 16.9 Å². The number of anilines is 2. The summed E-state index contributed by atoms with van der Waals surface area (Å²) in [6, 6.07) is 10.5. The zero-order chi connectivity index (χ0) is 29.8. The molecule has 1 aromatic heterocycles. The van der Waals surface area contributed by atoms with Gasteiger partial charge < -0.3 is 25.8 Å². The average molecular weight is 598 g/mol. The Balaban J connectivity index is 1.62. The van der Waals surface area contributed by atoms with E-state index in [1.807, 2.05) is 17.9 Å². The number of esters is 1. The molecule has 0 spiro atoms. The highest BCUT2D eigenvalue weighted by molar-refractivity contribution is 8.76. The molecule has 5 N–H and O–H groups in total. The number of terminal acetylenes is 1. The molecule has 0 radical (unpaired) electrons. The molecule has 0 saturated heterocycles. The monoisotopic (exact) mass is 597 g/mol. The molecular formula is C28H31N5O6S2. The van der Waals surface area contributed by atoms with Gasteiger partial charge in [-0.3, -0.25) is 19.4 Å². The number of nitrogens with zero attached hydrogens (tertiary/aromatic N) is 2. The first kappa shape index (κ1) is 31.4. The van der Waals surface area contributed by atoms with Crippen LogP contribution >= 0.6 is 21.6 Å². The molecule has 11 nitrogen and oxygen atoms in total. The summed E-state index contributed by atoms with van der Waals surface area (Å²) in [6.07, 6.45) is 5.36. The van der Waals surface area contributed by atoms with Crippen molar-refractivity contribution in [3.05, 3.63) is 63.9 Å². The van der Waals surface area contributed by atoms with E-state index in [0.29, 0.717) is 23.2 Å². The van der Waals surface area contributed by atoms with Gasteiger partial charge in [0.25, 0.3) is 11.5 Å². The van der Waals surface area contributed by atoms with E-state index in [-0.39, 0.29) is 43.1 Å². The third-order valence-electron chi connectivity index (χ3n) is 5.81. The molecule has 0 saturated carbocycles. The van der Waals surface area contributed by atoms with Crippen LogP contribution in [0.3, 0.4) is 0 Å². The Hall–Kier alpha value is -4.15. The standard InChI is InChI=1S/C28H31N5O6S2/c1-3-13-33(17-18-5-10-22-21(16-18)26(36)32-28(29)31-22)20-8-6-19(7-9-20)25(35)30-23(27(37)38)11-12-24(34)39-14-15-41-40-4-2/h1,5-10,16,23H,4,11-15,17H2,2H3,(H,30,35)(H,37,38)(H3,29,31,32,36)/t23-/m0/s1. The fourth-order valence-corrected chi connectivity index (χ4v) is 5.35. The molecule has 41 heavy (non-hydrogen) atoms. The summed E-state index contributed by atoms with van der Waals surface area (Å²) < 4.78 is 5.12. The molecule has 13 heteroatoms. The summed E-state index contributed by atoms with van der Waals surface area (Å²) in [5, 5.41) is 12.4. The number of H-pyrrole nitrogens is 1. The van der Waals surface area contributed by atoms with E-state index in [9.17, 15) is 24.3 Å². The summed E-state index contributed by atoms with van der Waals surface area (Å²) in [6.45, 7) is 2.91. The van der Waals surface area contributed by atoms with Gasteiger partial charge in [-0.15, -0.1) is 6.42 Å². The number of carbonyl (C=O) groups is 3. The van der Waals surface area contributed by atoms with Crippen molar-refractivity contribution in [2.75, 3.05) is 35.3 Å². The molecule has 3 rings (SSSR count). The molecule has 0 bridgehead atoms. The van der Waals surface area contributed by atoms with Gasteiger partial charge in [-0.25, -0.2) is 9.78 Å². The predicted molar refractivity (Wildman–Crippen MR) is 163 cm³/mol. The van der Waals surface area contributed by atoms with Crippen LogP contribution in [0.1, 0.15) is 35.7 Å². The highest BCUT2D eigenvalue weighted by Crippen LogP contribution is 2.21. The summed E-state index contributed by atoms with van der Waals surface area (Å²) in [4.78, 5) is 57.2. The molecule has 0 aliphatic heterocycles. The van der Waals surface area contributed by atoms with E-state index < -0.39 is 23.9 Å². The molecule has 3 aromatic rings. The number of aromatic amines is 1. The molecular weight excluding hydrogens is 566 g/mol. The topological polar surface area (TPSA) is 168 Å². The van der Waals surface area contributed by atoms with E-state index in [0.717, 1.165) is 17.0 Å². The molecule has 216 valence electrons. The average Bonchev–Trinajstić information content (AvgIpc) is 2.95. The number of carboxylic acid groups (broad SMARTS) is 1. The molecule has 0 aliphatic rings. The number of carboxylic acids is 1. The van der Waals surface area contributed by atoms with Crippen LogP contribution in [0.4, 0.5) is 11.6 Å². The summed E-state index contributed by atoms with van der Waals surface area (Å²) >= 11 is 0. The zero-order valence-electron chi connectivity index (χ0n) is 22.4. The lowest BCUT2D eigenvalue weighted by Crippen LogP contribution is -2.41. The van der Waals surface area contributed by atoms with Gasteiger partial charge in [0, 0.05) is 35.7 Å². The van der Waals surface area contributed by atoms with Crippen LogP contribution < -0.4 is 21.5 Å². The quantitative estimate of drug-likeness (QED) is 0.0880. The molecule has 2 aromatic carbocycles. The Bertz CT molecular complexity index is 1470. The number of amides is 1. The largest absolute Gasteiger partial charge is 0.480 e. The molecule has 0 fully saturated rings. The van der Waals surface area contributed by atoms with Crippen molar-refractivity contribution in [3.8, 4) is 12.3 Å². The minimum Gasteiger partial charge on any atom is -0.480 e. The SMILES string of the molecule is C#CCN(Cc1ccc2nc(N)[nH]c(=O)c2c1)c1ccc(C(=O)N[C@@H](CCC(=O)OCCSSCC)C(=O)O)cc1. The molecule has 0 unspecified atom stereocenters. The zero-order valence-corrected chi connectivity index (χ0v) is 24.1. The number of benzene rings is 2. The second kappa shape index (κ2) is 15.6. The smallest absolute Gasteiger partial charge is 0.326 e. The number of nitrogen functional groups attached to an aromatic ring is 1. The number of ether oxygens (including phenoxy) is 1. The summed E-state index contributed by atoms with van der Waals surface area (Å²) in [5.41, 5.74) is 7.53. The van der Waals surface area contributed by atoms with Gasteiger partial charge in [0.1, 0.15) is 12.6 Å². The number of nitrogens with two attached hydrogens (primary N) is 1. The lowest BCUT2D eigenvalue weighted by atomic mass is 10.1. The van der Waals surface area contributed by atoms with Crippen molar-refractivity contribution in [3.63, 3.8) is 0 Å². The number of hydrogen-bond donors (Lipinski definition) is 4. The van der Waals surface area contributed by atoms with Gasteiger partial charge in [-0.05, 0) is 48.4 Å². The van der Waals surface area contributed by atoms with E-state index in [2.05, 4.69) is 21.2 Å². The van der Waals surface area contributed by atoms with Gasteiger partial charge in [0.2, 0.25) is 5.95 Å². The molecule has 1 heterocycles. The van der Waals surface area contributed by atoms with Gasteiger partial charge >= 0.3 is 11.9 Å². The third kappa shape index (κ3) is 9.47. The molecule has 0 aliphatic carbocycles. The van der Waals surface area contributed by atoms with Crippen molar-refractivity contribution in [1.29, 1.82) is 0 Å². The lowest BCUT2D eigenvalue weighted by molar-refractivity contribution is -0.144. The maximum absolute atomic E-state index is 12.8. The van der Waals surface area contributed by atoms with Crippen LogP contribution in [0, 0.1) is 12.3 Å². The molecule has 1 amide bonds. The summed E-state index contributed by atoms with van der Waals surface area (Å²) in [7, 11) is 3.26. The van der Waals surface area contributed by atoms with Crippen molar-refractivity contribution < 1.29 is 24.2 Å². The molecule has 1 atom stereocenters. The Morgan fingerprint density at radius 1 is 1.22 bits per heavy atom. The van der Waals surface area contributed by atoms with Crippen molar-refractivity contribution >= 4 is 62.0 Å². The van der Waals surface area contributed by atoms with E-state index >= 15 is 0 Å². The summed E-state index contributed by atoms with van der Waals surface area (Å²) in [5.74, 6) is 1.90. The Morgan fingerprint density at radius 3 is 2.66 bits per heavy atom. The first-order valence-corrected chi connectivity index (χ1v) is 15.2. The lowest BCUT2D eigenvalue weighted by Gasteiger charge is -2.23. The number of carbonyl (C=O) groups excluding carboxylic acids is 2. The van der Waals surface area contributed by atoms with Gasteiger partial charge in [-0.1, -0.05) is 40.5 Å². The number of hydrogen-bond acceptors (Lipinski definition) is 10. The highest BCUT2D eigenvalue weighted by atomic mass is 33.1. The van der Waals surface area contributed by atoms with Crippen molar-refractivity contribution in [2.24, 2.45) is 0 Å². The number of aliphatic carboxylic acids is 1. The van der Waals surface area contributed by atoms with Crippen LogP contribution in [0.2, 0.25) is 0 Å². The van der Waals surface area contributed by atoms with Crippen molar-refractivity contribution in [2.45, 2.75) is 32.4 Å². The Labute approximate surface area is 245 Å². The predicted octanol–water partition coefficient (Wildman–Crippen LogP) is 3.05. The Morgan fingerprint density at radius 2 is 1.98 bits per heavy atom. The first-order chi connectivity index (χ1) is 19.7. The fourth-order valence-electron chi connectivity index (χ4n) is 3.86. The van der Waals surface area contributed by atoms with Gasteiger partial charge in [-0.2, -0.15) is 0 Å². The normalized spacial score (nSPS) is 11.4.